The van der Waals surface area contributed by atoms with Crippen molar-refractivity contribution in [2.24, 2.45) is 5.73 Å². The second kappa shape index (κ2) is 4.81. The molecule has 1 aliphatic rings. The first-order chi connectivity index (χ1) is 8.03. The molecular formula is C11H18N2O4S. The minimum atomic E-state index is -1.02. The molecule has 1 unspecified atom stereocenters. The van der Waals surface area contributed by atoms with Crippen molar-refractivity contribution in [3.05, 3.63) is 11.1 Å². The van der Waals surface area contributed by atoms with Gasteiger partial charge in [0.25, 0.3) is 0 Å². The second-order valence-corrected chi connectivity index (χ2v) is 6.47. The van der Waals surface area contributed by atoms with E-state index in [0.29, 0.717) is 5.70 Å². The van der Waals surface area contributed by atoms with Crippen LogP contribution in [0.15, 0.2) is 11.1 Å². The average molecular weight is 274 g/mol. The number of carboxylic acids is 1. The van der Waals surface area contributed by atoms with E-state index in [2.05, 4.69) is 0 Å². The highest BCUT2D eigenvalue weighted by Gasteiger charge is 2.42. The third-order valence-electron chi connectivity index (χ3n) is 2.07. The van der Waals surface area contributed by atoms with Crippen molar-refractivity contribution in [2.45, 2.75) is 44.7 Å². The van der Waals surface area contributed by atoms with Crippen LogP contribution in [-0.4, -0.2) is 32.7 Å². The molecule has 6 nitrogen and oxygen atoms in total. The highest BCUT2D eigenvalue weighted by Crippen LogP contribution is 2.38. The summed E-state index contributed by atoms with van der Waals surface area (Å²) in [6, 6.07) is 0. The minimum Gasteiger partial charge on any atom is -0.481 e. The molecule has 0 saturated heterocycles. The number of hydrogen-bond acceptors (Lipinski definition) is 5. The van der Waals surface area contributed by atoms with Crippen LogP contribution in [-0.2, 0) is 9.53 Å². The van der Waals surface area contributed by atoms with E-state index in [-0.39, 0.29) is 6.42 Å². The predicted octanol–water partition coefficient (Wildman–Crippen LogP) is 1.92. The van der Waals surface area contributed by atoms with Crippen molar-refractivity contribution in [1.29, 1.82) is 0 Å². The zero-order valence-corrected chi connectivity index (χ0v) is 11.7. The highest BCUT2D eigenvalue weighted by atomic mass is 32.2. The summed E-state index contributed by atoms with van der Waals surface area (Å²) in [5.74, 6) is -1.02. The molecule has 0 aromatic rings. The summed E-state index contributed by atoms with van der Waals surface area (Å²) in [5, 5.41) is 10.4. The maximum atomic E-state index is 12.0. The Kier molecular flexibility index (Phi) is 3.97. The molecule has 0 aromatic heterocycles. The summed E-state index contributed by atoms with van der Waals surface area (Å²) >= 11 is 1.19. The Morgan fingerprint density at radius 1 is 1.56 bits per heavy atom. The van der Waals surface area contributed by atoms with Gasteiger partial charge in [0.2, 0.25) is 0 Å². The largest absolute Gasteiger partial charge is 0.481 e. The lowest BCUT2D eigenvalue weighted by molar-refractivity contribution is -0.136. The fraction of sp³-hybridized carbons (Fsp3) is 0.636. The first-order valence-corrected chi connectivity index (χ1v) is 6.31. The van der Waals surface area contributed by atoms with Crippen LogP contribution in [0.1, 0.15) is 34.1 Å². The van der Waals surface area contributed by atoms with Crippen molar-refractivity contribution in [2.75, 3.05) is 0 Å². The third-order valence-corrected chi connectivity index (χ3v) is 3.12. The summed E-state index contributed by atoms with van der Waals surface area (Å²) in [5.41, 5.74) is 5.63. The molecule has 0 fully saturated rings. The van der Waals surface area contributed by atoms with Gasteiger partial charge in [-0.3, -0.25) is 15.4 Å². The van der Waals surface area contributed by atoms with E-state index >= 15 is 0 Å². The summed E-state index contributed by atoms with van der Waals surface area (Å²) in [6.45, 7) is 6.85. The van der Waals surface area contributed by atoms with Crippen LogP contribution < -0.4 is 5.73 Å². The Bertz CT molecular complexity index is 398. The van der Waals surface area contributed by atoms with Crippen molar-refractivity contribution < 1.29 is 19.4 Å². The standard InChI is InChI=1S/C11H18N2O4S/c1-10(2,3)17-9(16)13-7(5-8(14)15)6-18-11(13,4)12/h6H,5,12H2,1-4H3,(H,14,15). The van der Waals surface area contributed by atoms with Gasteiger partial charge in [0, 0.05) is 5.70 Å². The van der Waals surface area contributed by atoms with Crippen molar-refractivity contribution in [3.8, 4) is 0 Å². The summed E-state index contributed by atoms with van der Waals surface area (Å²) in [4.78, 5) is 23.0. The Hall–Kier alpha value is -1.21. The molecule has 0 aromatic carbocycles. The van der Waals surface area contributed by atoms with Gasteiger partial charge in [0.1, 0.15) is 10.6 Å². The van der Waals surface area contributed by atoms with E-state index in [1.54, 1.807) is 33.1 Å². The van der Waals surface area contributed by atoms with Crippen LogP contribution in [0.25, 0.3) is 0 Å². The molecular weight excluding hydrogens is 256 g/mol. The van der Waals surface area contributed by atoms with Crippen molar-refractivity contribution in [1.82, 2.24) is 4.90 Å². The lowest BCUT2D eigenvalue weighted by Gasteiger charge is -2.34. The number of carbonyl (C=O) groups is 2. The van der Waals surface area contributed by atoms with Gasteiger partial charge in [0.05, 0.1) is 6.42 Å². The predicted molar refractivity (Wildman–Crippen MR) is 68.6 cm³/mol. The van der Waals surface area contributed by atoms with Gasteiger partial charge < -0.3 is 9.84 Å². The molecule has 3 N–H and O–H groups in total. The number of nitrogens with zero attached hydrogens (tertiary/aromatic N) is 1. The number of aliphatic carboxylic acids is 1. The maximum Gasteiger partial charge on any atom is 0.416 e. The van der Waals surface area contributed by atoms with E-state index in [1.165, 1.54) is 16.7 Å². The topological polar surface area (TPSA) is 92.9 Å². The van der Waals surface area contributed by atoms with Crippen LogP contribution >= 0.6 is 11.8 Å². The Labute approximate surface area is 110 Å². The lowest BCUT2D eigenvalue weighted by atomic mass is 10.2. The van der Waals surface area contributed by atoms with E-state index in [0.717, 1.165) is 0 Å². The summed E-state index contributed by atoms with van der Waals surface area (Å²) < 4.78 is 5.23. The van der Waals surface area contributed by atoms with Crippen LogP contribution in [0.2, 0.25) is 0 Å². The molecule has 102 valence electrons. The smallest absolute Gasteiger partial charge is 0.416 e. The van der Waals surface area contributed by atoms with Crippen LogP contribution in [0, 0.1) is 0 Å². The van der Waals surface area contributed by atoms with E-state index in [4.69, 9.17) is 15.6 Å². The van der Waals surface area contributed by atoms with Gasteiger partial charge in [-0.2, -0.15) is 0 Å². The van der Waals surface area contributed by atoms with E-state index in [9.17, 15) is 9.59 Å². The van der Waals surface area contributed by atoms with Crippen molar-refractivity contribution >= 4 is 23.8 Å². The fourth-order valence-electron chi connectivity index (χ4n) is 1.46. The SMILES string of the molecule is CC(C)(C)OC(=O)N1C(CC(=O)O)=CSC1(C)N. The summed E-state index contributed by atoms with van der Waals surface area (Å²) in [7, 11) is 0. The number of rotatable bonds is 2. The molecule has 1 aliphatic heterocycles. The molecule has 0 bridgehead atoms. The van der Waals surface area contributed by atoms with Gasteiger partial charge in [-0.05, 0) is 33.1 Å². The van der Waals surface area contributed by atoms with Crippen LogP contribution in [0.3, 0.4) is 0 Å². The summed E-state index contributed by atoms with van der Waals surface area (Å²) in [6.07, 6.45) is -0.899. The van der Waals surface area contributed by atoms with Gasteiger partial charge in [-0.25, -0.2) is 4.79 Å². The third kappa shape index (κ3) is 3.64. The normalized spacial score (nSPS) is 23.8. The Morgan fingerprint density at radius 2 is 2.11 bits per heavy atom. The number of amides is 1. The van der Waals surface area contributed by atoms with Gasteiger partial charge >= 0.3 is 12.1 Å². The zero-order chi connectivity index (χ0) is 14.1. The second-order valence-electron chi connectivity index (χ2n) is 5.17. The van der Waals surface area contributed by atoms with Crippen LogP contribution in [0.5, 0.6) is 0 Å². The maximum absolute atomic E-state index is 12.0. The lowest BCUT2D eigenvalue weighted by Crippen LogP contribution is -2.52. The van der Waals surface area contributed by atoms with Crippen molar-refractivity contribution in [3.63, 3.8) is 0 Å². The molecule has 7 heteroatoms. The number of ether oxygens (including phenoxy) is 1. The average Bonchev–Trinajstić information content (AvgIpc) is 2.36. The molecule has 1 rings (SSSR count). The molecule has 0 spiro atoms. The molecule has 0 saturated carbocycles. The Morgan fingerprint density at radius 3 is 2.56 bits per heavy atom. The molecule has 0 radical (unpaired) electrons. The van der Waals surface area contributed by atoms with Gasteiger partial charge in [0.15, 0.2) is 0 Å². The monoisotopic (exact) mass is 274 g/mol. The van der Waals surface area contributed by atoms with Gasteiger partial charge in [-0.1, -0.05) is 11.8 Å². The van der Waals surface area contributed by atoms with E-state index < -0.39 is 22.7 Å². The molecule has 18 heavy (non-hydrogen) atoms. The first-order valence-electron chi connectivity index (χ1n) is 5.44. The molecule has 1 heterocycles. The quantitative estimate of drug-likeness (QED) is 0.799. The molecule has 1 amide bonds. The van der Waals surface area contributed by atoms with Crippen LogP contribution in [0.4, 0.5) is 4.79 Å². The number of carbonyl (C=O) groups excluding carboxylic acids is 1. The first kappa shape index (κ1) is 14.8. The fourth-order valence-corrected chi connectivity index (χ4v) is 2.32. The molecule has 0 aliphatic carbocycles. The Balaban J connectivity index is 2.90. The number of nitrogens with two attached hydrogens (primary N) is 1. The highest BCUT2D eigenvalue weighted by molar-refractivity contribution is 8.03. The number of carboxylic acid groups (broad SMARTS) is 1. The number of thioether (sulfide) groups is 1. The van der Waals surface area contributed by atoms with E-state index in [1.807, 2.05) is 0 Å². The zero-order valence-electron chi connectivity index (χ0n) is 10.9. The molecule has 1 atom stereocenters. The van der Waals surface area contributed by atoms with Gasteiger partial charge in [-0.15, -0.1) is 0 Å². The number of hydrogen-bond donors (Lipinski definition) is 2. The minimum absolute atomic E-state index is 0.265.